The van der Waals surface area contributed by atoms with Crippen LogP contribution in [-0.4, -0.2) is 10.8 Å². The van der Waals surface area contributed by atoms with Gasteiger partial charge in [-0.2, -0.15) is 0 Å². The number of aryl methyl sites for hydroxylation is 1. The minimum absolute atomic E-state index is 0.0342. The molecule has 13 heavy (non-hydrogen) atoms. The van der Waals surface area contributed by atoms with Gasteiger partial charge in [0.25, 0.3) is 0 Å². The van der Waals surface area contributed by atoms with Crippen molar-refractivity contribution in [3.05, 3.63) is 23.5 Å². The lowest BCUT2D eigenvalue weighted by Gasteiger charge is -2.02. The zero-order valence-corrected chi connectivity index (χ0v) is 8.59. The van der Waals surface area contributed by atoms with Crippen LogP contribution in [-0.2, 0) is 0 Å². The van der Waals surface area contributed by atoms with Crippen LogP contribution in [0.1, 0.15) is 36.8 Å². The van der Waals surface area contributed by atoms with Crippen molar-refractivity contribution in [1.82, 2.24) is 4.98 Å². The first-order valence-corrected chi connectivity index (χ1v) is 4.35. The van der Waals surface area contributed by atoms with Gasteiger partial charge in [0.15, 0.2) is 5.78 Å². The van der Waals surface area contributed by atoms with Crippen molar-refractivity contribution in [2.24, 2.45) is 0 Å². The highest BCUT2D eigenvalue weighted by Crippen LogP contribution is 2.13. The van der Waals surface area contributed by atoms with Crippen LogP contribution in [0.15, 0.2) is 12.3 Å². The van der Waals surface area contributed by atoms with Crippen molar-refractivity contribution in [3.8, 4) is 0 Å². The van der Waals surface area contributed by atoms with E-state index in [0.29, 0.717) is 16.9 Å². The highest BCUT2D eigenvalue weighted by molar-refractivity contribution is 5.99. The summed E-state index contributed by atoms with van der Waals surface area (Å²) in [6, 6.07) is 1.63. The van der Waals surface area contributed by atoms with E-state index in [2.05, 4.69) is 4.98 Å². The predicted octanol–water partition coefficient (Wildman–Crippen LogP) is 2.20. The van der Waals surface area contributed by atoms with Crippen LogP contribution in [0.2, 0.25) is 0 Å². The van der Waals surface area contributed by atoms with Crippen LogP contribution in [0, 0.1) is 6.92 Å². The Kier molecular flexibility index (Phi) is 4.74. The summed E-state index contributed by atoms with van der Waals surface area (Å²) in [5, 5.41) is 0. The van der Waals surface area contributed by atoms with Gasteiger partial charge in [-0.15, -0.1) is 0 Å². The number of nitrogens with two attached hydrogens (primary N) is 1. The van der Waals surface area contributed by atoms with Crippen LogP contribution in [0.3, 0.4) is 0 Å². The molecular formula is C10H16N2O. The van der Waals surface area contributed by atoms with Gasteiger partial charge in [-0.3, -0.25) is 9.78 Å². The highest BCUT2D eigenvalue weighted by Gasteiger charge is 2.07. The van der Waals surface area contributed by atoms with Gasteiger partial charge < -0.3 is 5.73 Å². The number of anilines is 1. The van der Waals surface area contributed by atoms with Crippen molar-refractivity contribution >= 4 is 11.5 Å². The Morgan fingerprint density at radius 3 is 2.31 bits per heavy atom. The molecule has 0 aliphatic rings. The summed E-state index contributed by atoms with van der Waals surface area (Å²) >= 11 is 0. The molecular weight excluding hydrogens is 164 g/mol. The average molecular weight is 180 g/mol. The van der Waals surface area contributed by atoms with E-state index in [1.807, 2.05) is 13.8 Å². The van der Waals surface area contributed by atoms with Gasteiger partial charge in [0.2, 0.25) is 0 Å². The summed E-state index contributed by atoms with van der Waals surface area (Å²) in [6.07, 6.45) is 1.59. The molecule has 0 bridgehead atoms. The third-order valence-electron chi connectivity index (χ3n) is 1.52. The Balaban J connectivity index is 0.000000671. The molecule has 0 fully saturated rings. The normalized spacial score (nSPS) is 8.62. The number of pyridine rings is 1. The minimum atomic E-state index is -0.0342. The summed E-state index contributed by atoms with van der Waals surface area (Å²) in [6.45, 7) is 7.26. The number of hydrogen-bond acceptors (Lipinski definition) is 3. The fourth-order valence-electron chi connectivity index (χ4n) is 1.04. The molecule has 0 atom stereocenters. The summed E-state index contributed by atoms with van der Waals surface area (Å²) in [5.41, 5.74) is 7.29. The molecule has 0 aromatic carbocycles. The van der Waals surface area contributed by atoms with Crippen molar-refractivity contribution < 1.29 is 4.79 Å². The quantitative estimate of drug-likeness (QED) is 0.674. The maximum Gasteiger partial charge on any atom is 0.163 e. The Bertz CT molecular complexity index is 275. The molecule has 3 nitrogen and oxygen atoms in total. The van der Waals surface area contributed by atoms with Crippen molar-refractivity contribution in [1.29, 1.82) is 0 Å². The van der Waals surface area contributed by atoms with Gasteiger partial charge in [0.05, 0.1) is 11.3 Å². The van der Waals surface area contributed by atoms with Crippen molar-refractivity contribution in [3.63, 3.8) is 0 Å². The number of Topliss-reactive ketones (excluding diaryl/α,β-unsaturated/α-hetero) is 1. The number of rotatable bonds is 1. The first kappa shape index (κ1) is 11.6. The topological polar surface area (TPSA) is 56.0 Å². The second-order valence-corrected chi connectivity index (χ2v) is 2.42. The Morgan fingerprint density at radius 1 is 1.46 bits per heavy atom. The number of carbonyl (C=O) groups excluding carboxylic acids is 1. The monoisotopic (exact) mass is 180 g/mol. The lowest BCUT2D eigenvalue weighted by molar-refractivity contribution is 0.101. The van der Waals surface area contributed by atoms with E-state index in [4.69, 9.17) is 5.73 Å². The molecule has 0 spiro atoms. The van der Waals surface area contributed by atoms with Crippen LogP contribution < -0.4 is 5.73 Å². The van der Waals surface area contributed by atoms with E-state index in [0.717, 1.165) is 0 Å². The highest BCUT2D eigenvalue weighted by atomic mass is 16.1. The summed E-state index contributed by atoms with van der Waals surface area (Å²) in [7, 11) is 0. The largest absolute Gasteiger partial charge is 0.398 e. The second-order valence-electron chi connectivity index (χ2n) is 2.42. The first-order chi connectivity index (χ1) is 6.13. The van der Waals surface area contributed by atoms with Crippen LogP contribution >= 0.6 is 0 Å². The Labute approximate surface area is 79.0 Å². The lowest BCUT2D eigenvalue weighted by Crippen LogP contribution is -2.03. The van der Waals surface area contributed by atoms with Gasteiger partial charge in [0.1, 0.15) is 0 Å². The molecule has 72 valence electrons. The van der Waals surface area contributed by atoms with E-state index >= 15 is 0 Å². The van der Waals surface area contributed by atoms with E-state index in [1.54, 1.807) is 19.2 Å². The van der Waals surface area contributed by atoms with Crippen LogP contribution in [0.25, 0.3) is 0 Å². The number of ketones is 1. The molecule has 0 saturated heterocycles. The van der Waals surface area contributed by atoms with Crippen LogP contribution in [0.5, 0.6) is 0 Å². The molecule has 3 heteroatoms. The smallest absolute Gasteiger partial charge is 0.163 e. The van der Waals surface area contributed by atoms with Gasteiger partial charge in [-0.25, -0.2) is 0 Å². The molecule has 0 aliphatic carbocycles. The Hall–Kier alpha value is -1.38. The first-order valence-electron chi connectivity index (χ1n) is 4.35. The average Bonchev–Trinajstić information content (AvgIpc) is 2.07. The molecule has 2 N–H and O–H groups in total. The number of nitrogen functional groups attached to an aromatic ring is 1. The molecule has 1 heterocycles. The number of aromatic nitrogens is 1. The molecule has 0 radical (unpaired) electrons. The maximum atomic E-state index is 11.0. The third-order valence-corrected chi connectivity index (χ3v) is 1.52. The zero-order valence-electron chi connectivity index (χ0n) is 8.59. The van der Waals surface area contributed by atoms with E-state index in [-0.39, 0.29) is 5.78 Å². The lowest BCUT2D eigenvalue weighted by atomic mass is 10.1. The molecule has 0 unspecified atom stereocenters. The SMILES string of the molecule is CC.CC(=O)c1c(N)ccnc1C. The molecule has 0 aliphatic heterocycles. The molecule has 0 saturated carbocycles. The number of nitrogens with zero attached hydrogens (tertiary/aromatic N) is 1. The van der Waals surface area contributed by atoms with E-state index < -0.39 is 0 Å². The summed E-state index contributed by atoms with van der Waals surface area (Å²) < 4.78 is 0. The zero-order chi connectivity index (χ0) is 10.4. The van der Waals surface area contributed by atoms with Gasteiger partial charge in [-0.1, -0.05) is 13.8 Å². The standard InChI is InChI=1S/C8H10N2O.C2H6/c1-5-8(6(2)11)7(9)3-4-10-5;1-2/h3-4H,1-2H3,(H2,9,10);1-2H3. The molecule has 1 rings (SSSR count). The third kappa shape index (κ3) is 2.86. The van der Waals surface area contributed by atoms with Gasteiger partial charge in [-0.05, 0) is 19.9 Å². The number of hydrogen-bond donors (Lipinski definition) is 1. The summed E-state index contributed by atoms with van der Waals surface area (Å²) in [5.74, 6) is -0.0342. The van der Waals surface area contributed by atoms with Crippen LogP contribution in [0.4, 0.5) is 5.69 Å². The van der Waals surface area contributed by atoms with Crippen molar-refractivity contribution in [2.45, 2.75) is 27.7 Å². The molecule has 0 amide bonds. The predicted molar refractivity (Wildman–Crippen MR) is 54.7 cm³/mol. The maximum absolute atomic E-state index is 11.0. The van der Waals surface area contributed by atoms with E-state index in [9.17, 15) is 4.79 Å². The molecule has 1 aromatic heterocycles. The van der Waals surface area contributed by atoms with Crippen molar-refractivity contribution in [2.75, 3.05) is 5.73 Å². The fourth-order valence-corrected chi connectivity index (χ4v) is 1.04. The molecule has 1 aromatic rings. The fraction of sp³-hybridized carbons (Fsp3) is 0.400. The minimum Gasteiger partial charge on any atom is -0.398 e. The second kappa shape index (κ2) is 5.30. The Morgan fingerprint density at radius 2 is 2.00 bits per heavy atom. The number of carbonyl (C=O) groups is 1. The van der Waals surface area contributed by atoms with E-state index in [1.165, 1.54) is 6.92 Å². The summed E-state index contributed by atoms with van der Waals surface area (Å²) in [4.78, 5) is 14.9. The van der Waals surface area contributed by atoms with Gasteiger partial charge >= 0.3 is 0 Å². The van der Waals surface area contributed by atoms with Gasteiger partial charge in [0, 0.05) is 11.9 Å².